The average molecular weight is 737 g/mol. The SMILES string of the molecule is CCCC/C=C\CCOC(=O)CCCCCCCC(=O)OCC1(COC(=O)CCCCCCCC(=O)OCC/C=C\CCCC)COC(C)(C)OC1. The molecule has 0 saturated carbocycles. The molecule has 10 heteroatoms. The summed E-state index contributed by atoms with van der Waals surface area (Å²) in [5.41, 5.74) is -0.763. The van der Waals surface area contributed by atoms with Crippen LogP contribution in [0.15, 0.2) is 24.3 Å². The van der Waals surface area contributed by atoms with Crippen molar-refractivity contribution < 1.29 is 47.6 Å². The summed E-state index contributed by atoms with van der Waals surface area (Å²) in [6, 6.07) is 0. The summed E-state index contributed by atoms with van der Waals surface area (Å²) >= 11 is 0. The Balaban J connectivity index is 2.19. The van der Waals surface area contributed by atoms with Crippen molar-refractivity contribution in [1.29, 1.82) is 0 Å². The lowest BCUT2D eigenvalue weighted by Gasteiger charge is -2.42. The van der Waals surface area contributed by atoms with Crippen LogP contribution in [0.1, 0.15) is 169 Å². The number of esters is 4. The largest absolute Gasteiger partial charge is 0.465 e. The minimum Gasteiger partial charge on any atom is -0.465 e. The molecule has 0 bridgehead atoms. The third-order valence-electron chi connectivity index (χ3n) is 8.93. The molecule has 0 spiro atoms. The van der Waals surface area contributed by atoms with Crippen LogP contribution in [0, 0.1) is 5.41 Å². The van der Waals surface area contributed by atoms with E-state index in [1.165, 1.54) is 25.7 Å². The van der Waals surface area contributed by atoms with E-state index in [4.69, 9.17) is 28.4 Å². The lowest BCUT2D eigenvalue weighted by Crippen LogP contribution is -2.51. The highest BCUT2D eigenvalue weighted by molar-refractivity contribution is 5.70. The van der Waals surface area contributed by atoms with Gasteiger partial charge in [0, 0.05) is 25.7 Å². The van der Waals surface area contributed by atoms with Crippen molar-refractivity contribution >= 4 is 23.9 Å². The van der Waals surface area contributed by atoms with Crippen LogP contribution in [-0.2, 0) is 47.6 Å². The number of carbonyl (C=O) groups is 4. The maximum Gasteiger partial charge on any atom is 0.305 e. The fourth-order valence-electron chi connectivity index (χ4n) is 5.44. The Morgan fingerprint density at radius 3 is 1.17 bits per heavy atom. The first-order valence-electron chi connectivity index (χ1n) is 20.3. The third-order valence-corrected chi connectivity index (χ3v) is 8.93. The molecule has 1 saturated heterocycles. The van der Waals surface area contributed by atoms with Crippen LogP contribution in [0.4, 0.5) is 0 Å². The van der Waals surface area contributed by atoms with E-state index in [-0.39, 0.29) is 50.3 Å². The minimum atomic E-state index is -0.763. The lowest BCUT2D eigenvalue weighted by atomic mass is 9.91. The summed E-state index contributed by atoms with van der Waals surface area (Å²) in [4.78, 5) is 48.9. The zero-order valence-electron chi connectivity index (χ0n) is 33.2. The summed E-state index contributed by atoms with van der Waals surface area (Å²) in [5.74, 6) is -1.66. The van der Waals surface area contributed by atoms with Crippen molar-refractivity contribution in [2.45, 2.75) is 175 Å². The van der Waals surface area contributed by atoms with E-state index in [2.05, 4.69) is 38.2 Å². The molecular formula is C42H72O10. The van der Waals surface area contributed by atoms with E-state index < -0.39 is 11.2 Å². The van der Waals surface area contributed by atoms with Crippen molar-refractivity contribution in [3.05, 3.63) is 24.3 Å². The Bertz CT molecular complexity index is 940. The van der Waals surface area contributed by atoms with Crippen LogP contribution >= 0.6 is 0 Å². The van der Waals surface area contributed by atoms with Gasteiger partial charge in [-0.05, 0) is 65.2 Å². The van der Waals surface area contributed by atoms with E-state index in [0.717, 1.165) is 77.0 Å². The van der Waals surface area contributed by atoms with E-state index >= 15 is 0 Å². The first-order chi connectivity index (χ1) is 25.1. The molecule has 0 N–H and O–H groups in total. The second kappa shape index (κ2) is 30.7. The molecular weight excluding hydrogens is 664 g/mol. The Hall–Kier alpha value is -2.72. The molecule has 10 nitrogen and oxygen atoms in total. The van der Waals surface area contributed by atoms with Gasteiger partial charge in [-0.2, -0.15) is 0 Å². The zero-order valence-corrected chi connectivity index (χ0v) is 33.2. The zero-order chi connectivity index (χ0) is 38.2. The standard InChI is InChI=1S/C42H72O10/c1-5-7-9-11-19-25-31-47-37(43)27-21-15-13-17-23-29-39(45)49-33-42(35-51-41(3,4)52-36-42)34-50-40(46)30-24-18-14-16-22-28-38(44)48-32-26-20-12-10-8-6-2/h11-12,19-20H,5-10,13-18,21-36H2,1-4H3/b19-11-,20-12-. The quantitative estimate of drug-likeness (QED) is 0.0285. The first kappa shape index (κ1) is 47.3. The number of ether oxygens (including phenoxy) is 6. The van der Waals surface area contributed by atoms with Gasteiger partial charge in [0.05, 0.1) is 31.8 Å². The van der Waals surface area contributed by atoms with Gasteiger partial charge in [0.15, 0.2) is 5.79 Å². The Morgan fingerprint density at radius 2 is 0.808 bits per heavy atom. The molecule has 0 aromatic heterocycles. The van der Waals surface area contributed by atoms with E-state index in [9.17, 15) is 19.2 Å². The van der Waals surface area contributed by atoms with Gasteiger partial charge in [-0.3, -0.25) is 19.2 Å². The second-order valence-electron chi connectivity index (χ2n) is 14.6. The summed E-state index contributed by atoms with van der Waals surface area (Å²) in [6.07, 6.45) is 26.7. The lowest BCUT2D eigenvalue weighted by molar-refractivity contribution is -0.296. The van der Waals surface area contributed by atoms with Gasteiger partial charge in [0.1, 0.15) is 13.2 Å². The molecule has 1 heterocycles. The normalized spacial score (nSPS) is 15.2. The monoisotopic (exact) mass is 737 g/mol. The molecule has 0 aliphatic carbocycles. The van der Waals surface area contributed by atoms with Crippen molar-refractivity contribution in [1.82, 2.24) is 0 Å². The molecule has 0 aromatic carbocycles. The van der Waals surface area contributed by atoms with E-state index in [0.29, 0.717) is 51.7 Å². The van der Waals surface area contributed by atoms with E-state index in [1.807, 2.05) is 13.8 Å². The Kier molecular flexibility index (Phi) is 27.9. The number of allylic oxidation sites excluding steroid dienone is 2. The second-order valence-corrected chi connectivity index (χ2v) is 14.6. The highest BCUT2D eigenvalue weighted by Gasteiger charge is 2.42. The van der Waals surface area contributed by atoms with Gasteiger partial charge in [0.2, 0.25) is 0 Å². The summed E-state index contributed by atoms with van der Waals surface area (Å²) in [6.45, 7) is 9.43. The Morgan fingerprint density at radius 1 is 0.481 bits per heavy atom. The topological polar surface area (TPSA) is 124 Å². The minimum absolute atomic E-state index is 0.0456. The number of unbranched alkanes of at least 4 members (excludes halogenated alkanes) is 12. The molecule has 0 aromatic rings. The number of hydrogen-bond donors (Lipinski definition) is 0. The van der Waals surface area contributed by atoms with E-state index in [1.54, 1.807) is 0 Å². The van der Waals surface area contributed by atoms with Gasteiger partial charge in [-0.15, -0.1) is 0 Å². The van der Waals surface area contributed by atoms with Crippen LogP contribution in [0.25, 0.3) is 0 Å². The first-order valence-corrected chi connectivity index (χ1v) is 20.3. The van der Waals surface area contributed by atoms with Crippen LogP contribution < -0.4 is 0 Å². The Labute approximate surface area is 315 Å². The average Bonchev–Trinajstić information content (AvgIpc) is 3.12. The summed E-state index contributed by atoms with van der Waals surface area (Å²) < 4.78 is 33.5. The van der Waals surface area contributed by atoms with Crippen LogP contribution in [0.5, 0.6) is 0 Å². The van der Waals surface area contributed by atoms with Gasteiger partial charge < -0.3 is 28.4 Å². The van der Waals surface area contributed by atoms with Crippen LogP contribution in [-0.4, -0.2) is 69.3 Å². The van der Waals surface area contributed by atoms with Gasteiger partial charge in [0.25, 0.3) is 0 Å². The fourth-order valence-corrected chi connectivity index (χ4v) is 5.44. The number of hydrogen-bond acceptors (Lipinski definition) is 10. The third kappa shape index (κ3) is 27.0. The molecule has 1 fully saturated rings. The molecule has 52 heavy (non-hydrogen) atoms. The van der Waals surface area contributed by atoms with Gasteiger partial charge in [-0.25, -0.2) is 0 Å². The smallest absolute Gasteiger partial charge is 0.305 e. The van der Waals surface area contributed by atoms with Crippen molar-refractivity contribution in [3.63, 3.8) is 0 Å². The van der Waals surface area contributed by atoms with Crippen LogP contribution in [0.3, 0.4) is 0 Å². The van der Waals surface area contributed by atoms with Crippen molar-refractivity contribution in [2.24, 2.45) is 5.41 Å². The molecule has 1 aliphatic rings. The van der Waals surface area contributed by atoms with Crippen molar-refractivity contribution in [3.8, 4) is 0 Å². The fraction of sp³-hybridized carbons (Fsp3) is 0.810. The molecule has 0 radical (unpaired) electrons. The molecule has 300 valence electrons. The van der Waals surface area contributed by atoms with Gasteiger partial charge in [-0.1, -0.05) is 102 Å². The summed E-state index contributed by atoms with van der Waals surface area (Å²) in [5, 5.41) is 0. The highest BCUT2D eigenvalue weighted by atomic mass is 16.7. The predicted molar refractivity (Wildman–Crippen MR) is 203 cm³/mol. The number of rotatable bonds is 32. The maximum atomic E-state index is 12.6. The summed E-state index contributed by atoms with van der Waals surface area (Å²) in [7, 11) is 0. The van der Waals surface area contributed by atoms with Crippen LogP contribution in [0.2, 0.25) is 0 Å². The molecule has 1 rings (SSSR count). The van der Waals surface area contributed by atoms with Crippen molar-refractivity contribution in [2.75, 3.05) is 39.6 Å². The highest BCUT2D eigenvalue weighted by Crippen LogP contribution is 2.31. The molecule has 0 amide bonds. The molecule has 0 unspecified atom stereocenters. The number of carbonyl (C=O) groups excluding carboxylic acids is 4. The van der Waals surface area contributed by atoms with Gasteiger partial charge >= 0.3 is 23.9 Å². The molecule has 0 atom stereocenters. The predicted octanol–water partition coefficient (Wildman–Crippen LogP) is 9.66. The molecule has 1 aliphatic heterocycles. The maximum absolute atomic E-state index is 12.6.